The fourth-order valence-corrected chi connectivity index (χ4v) is 4.00. The molecule has 130 valence electrons. The maximum absolute atomic E-state index is 12.1. The highest BCUT2D eigenvalue weighted by Gasteiger charge is 2.36. The van der Waals surface area contributed by atoms with E-state index in [9.17, 15) is 8.42 Å². The minimum atomic E-state index is -3.35. The first-order valence-corrected chi connectivity index (χ1v) is 9.71. The number of aryl methyl sites for hydroxylation is 1. The largest absolute Gasteiger partial charge is 0.375 e. The van der Waals surface area contributed by atoms with Crippen LogP contribution in [0.4, 0.5) is 0 Å². The van der Waals surface area contributed by atoms with Crippen LogP contribution >= 0.6 is 0 Å². The van der Waals surface area contributed by atoms with Crippen LogP contribution in [0.5, 0.6) is 0 Å². The molecule has 8 nitrogen and oxygen atoms in total. The van der Waals surface area contributed by atoms with Gasteiger partial charge in [0.1, 0.15) is 5.69 Å². The van der Waals surface area contributed by atoms with Crippen molar-refractivity contribution in [2.75, 3.05) is 19.4 Å². The lowest BCUT2D eigenvalue weighted by molar-refractivity contribution is 0.0721. The van der Waals surface area contributed by atoms with E-state index in [1.54, 1.807) is 12.4 Å². The summed E-state index contributed by atoms with van der Waals surface area (Å²) in [4.78, 5) is 4.04. The molecule has 0 aromatic carbocycles. The Balaban J connectivity index is 1.79. The van der Waals surface area contributed by atoms with Gasteiger partial charge in [0.2, 0.25) is 10.0 Å². The summed E-state index contributed by atoms with van der Waals surface area (Å²) in [7, 11) is -3.35. The van der Waals surface area contributed by atoms with Crippen molar-refractivity contribution in [1.82, 2.24) is 24.3 Å². The molecule has 3 heterocycles. The monoisotopic (exact) mass is 351 g/mol. The molecular weight excluding hydrogens is 330 g/mol. The Hall–Kier alpha value is -1.84. The number of pyridine rings is 1. The van der Waals surface area contributed by atoms with Gasteiger partial charge in [-0.2, -0.15) is 4.31 Å². The fourth-order valence-electron chi connectivity index (χ4n) is 2.96. The molecule has 1 atom stereocenters. The predicted octanol–water partition coefficient (Wildman–Crippen LogP) is 0.769. The minimum Gasteiger partial charge on any atom is -0.375 e. The topological polar surface area (TPSA) is 90.2 Å². The molecule has 9 heteroatoms. The van der Waals surface area contributed by atoms with Crippen LogP contribution < -0.4 is 0 Å². The second kappa shape index (κ2) is 6.96. The maximum atomic E-state index is 12.1. The van der Waals surface area contributed by atoms with E-state index in [0.717, 1.165) is 11.3 Å². The molecule has 0 spiro atoms. The van der Waals surface area contributed by atoms with Crippen LogP contribution in [-0.2, 0) is 34.3 Å². The first-order chi connectivity index (χ1) is 11.5. The molecule has 1 aliphatic rings. The molecule has 2 aromatic rings. The minimum absolute atomic E-state index is 0.234. The number of rotatable bonds is 6. The summed E-state index contributed by atoms with van der Waals surface area (Å²) in [5, 5.41) is 8.34. The molecule has 0 saturated heterocycles. The van der Waals surface area contributed by atoms with Gasteiger partial charge in [0.15, 0.2) is 0 Å². The van der Waals surface area contributed by atoms with Crippen LogP contribution in [0.2, 0.25) is 0 Å². The first kappa shape index (κ1) is 17.0. The lowest BCUT2D eigenvalue weighted by Crippen LogP contribution is -2.41. The molecule has 2 aromatic heterocycles. The number of nitrogens with zero attached hydrogens (tertiary/aromatic N) is 5. The lowest BCUT2D eigenvalue weighted by atomic mass is 10.1. The molecule has 0 N–H and O–H groups in total. The Kier molecular flexibility index (Phi) is 4.93. The van der Waals surface area contributed by atoms with Crippen molar-refractivity contribution in [2.45, 2.75) is 32.5 Å². The van der Waals surface area contributed by atoms with E-state index in [-0.39, 0.29) is 6.61 Å². The van der Waals surface area contributed by atoms with Gasteiger partial charge in [-0.05, 0) is 18.6 Å². The molecule has 24 heavy (non-hydrogen) atoms. The van der Waals surface area contributed by atoms with Gasteiger partial charge in [-0.3, -0.25) is 4.98 Å². The van der Waals surface area contributed by atoms with Gasteiger partial charge < -0.3 is 4.74 Å². The third-order valence-corrected chi connectivity index (χ3v) is 5.38. The van der Waals surface area contributed by atoms with Crippen molar-refractivity contribution >= 4 is 10.0 Å². The van der Waals surface area contributed by atoms with E-state index >= 15 is 0 Å². The predicted molar refractivity (Wildman–Crippen MR) is 87.6 cm³/mol. The third kappa shape index (κ3) is 3.47. The van der Waals surface area contributed by atoms with E-state index in [1.807, 2.05) is 23.7 Å². The Morgan fingerprint density at radius 1 is 1.42 bits per heavy atom. The Morgan fingerprint density at radius 3 is 2.92 bits per heavy atom. The number of fused-ring (bicyclic) bond motifs is 1. The summed E-state index contributed by atoms with van der Waals surface area (Å²) in [6.07, 6.45) is 5.26. The molecule has 0 fully saturated rings. The molecule has 0 aliphatic carbocycles. The Labute approximate surface area is 141 Å². The van der Waals surface area contributed by atoms with Crippen LogP contribution in [0.3, 0.4) is 0 Å². The number of ether oxygens (including phenoxy) is 1. The van der Waals surface area contributed by atoms with Gasteiger partial charge >= 0.3 is 0 Å². The highest BCUT2D eigenvalue weighted by molar-refractivity contribution is 7.88. The molecule has 0 radical (unpaired) electrons. The molecule has 0 unspecified atom stereocenters. The summed E-state index contributed by atoms with van der Waals surface area (Å²) < 4.78 is 33.3. The second-order valence-corrected chi connectivity index (χ2v) is 7.69. The number of hydrogen-bond acceptors (Lipinski definition) is 6. The van der Waals surface area contributed by atoms with Gasteiger partial charge in [0.05, 0.1) is 31.2 Å². The third-order valence-electron chi connectivity index (χ3n) is 4.09. The van der Waals surface area contributed by atoms with Gasteiger partial charge in [0.25, 0.3) is 0 Å². The molecule has 0 bridgehead atoms. The highest BCUT2D eigenvalue weighted by Crippen LogP contribution is 2.30. The van der Waals surface area contributed by atoms with Crippen LogP contribution in [0.25, 0.3) is 0 Å². The van der Waals surface area contributed by atoms with Crippen molar-refractivity contribution in [3.05, 3.63) is 41.5 Å². The lowest BCUT2D eigenvalue weighted by Gasteiger charge is -2.32. The number of aromatic nitrogens is 4. The van der Waals surface area contributed by atoms with E-state index in [4.69, 9.17) is 4.74 Å². The summed E-state index contributed by atoms with van der Waals surface area (Å²) in [5.74, 6) is 0. The van der Waals surface area contributed by atoms with Crippen LogP contribution in [0.15, 0.2) is 24.5 Å². The smallest absolute Gasteiger partial charge is 0.211 e. The van der Waals surface area contributed by atoms with E-state index in [1.165, 1.54) is 10.6 Å². The molecule has 0 amide bonds. The van der Waals surface area contributed by atoms with E-state index < -0.39 is 16.1 Å². The summed E-state index contributed by atoms with van der Waals surface area (Å²) in [6, 6.07) is 3.31. The van der Waals surface area contributed by atoms with Crippen molar-refractivity contribution in [3.63, 3.8) is 0 Å². The molecule has 0 saturated carbocycles. The van der Waals surface area contributed by atoms with Crippen LogP contribution in [0, 0.1) is 0 Å². The Bertz CT molecular complexity index is 791. The summed E-state index contributed by atoms with van der Waals surface area (Å²) >= 11 is 0. The van der Waals surface area contributed by atoms with Crippen LogP contribution in [0.1, 0.15) is 29.9 Å². The highest BCUT2D eigenvalue weighted by atomic mass is 32.2. The van der Waals surface area contributed by atoms with E-state index in [2.05, 4.69) is 15.3 Å². The Morgan fingerprint density at radius 2 is 2.25 bits per heavy atom. The van der Waals surface area contributed by atoms with E-state index in [0.29, 0.717) is 31.8 Å². The second-order valence-electron chi connectivity index (χ2n) is 5.75. The fraction of sp³-hybridized carbons (Fsp3) is 0.533. The summed E-state index contributed by atoms with van der Waals surface area (Å²) in [6.45, 7) is 3.73. The summed E-state index contributed by atoms with van der Waals surface area (Å²) in [5.41, 5.74) is 2.63. The van der Waals surface area contributed by atoms with Gasteiger partial charge in [0, 0.05) is 31.9 Å². The van der Waals surface area contributed by atoms with Crippen molar-refractivity contribution in [2.24, 2.45) is 0 Å². The standard InChI is InChI=1S/C15H21N5O3S/c1-3-19-13-6-8-20(24(2,21)22)14(15(13)17-18-19)11-23-10-12-5-4-7-16-9-12/h4-5,7,9,14H,3,6,8,10-11H2,1-2H3/t14-/m0/s1. The van der Waals surface area contributed by atoms with Crippen molar-refractivity contribution < 1.29 is 13.2 Å². The zero-order valence-electron chi connectivity index (χ0n) is 13.8. The van der Waals surface area contributed by atoms with Gasteiger partial charge in [-0.1, -0.05) is 11.3 Å². The molecule has 3 rings (SSSR count). The van der Waals surface area contributed by atoms with Gasteiger partial charge in [-0.15, -0.1) is 5.10 Å². The first-order valence-electron chi connectivity index (χ1n) is 7.86. The average molecular weight is 351 g/mol. The molecular formula is C15H21N5O3S. The number of hydrogen-bond donors (Lipinski definition) is 0. The average Bonchev–Trinajstić information content (AvgIpc) is 2.98. The van der Waals surface area contributed by atoms with Crippen LogP contribution in [-0.4, -0.2) is 52.1 Å². The van der Waals surface area contributed by atoms with Crippen molar-refractivity contribution in [1.29, 1.82) is 0 Å². The quantitative estimate of drug-likeness (QED) is 0.763. The zero-order chi connectivity index (χ0) is 17.2. The zero-order valence-corrected chi connectivity index (χ0v) is 14.6. The maximum Gasteiger partial charge on any atom is 0.211 e. The van der Waals surface area contributed by atoms with Gasteiger partial charge in [-0.25, -0.2) is 13.1 Å². The SMILES string of the molecule is CCn1nnc2c1CCN(S(C)(=O)=O)[C@H]2COCc1cccnc1. The van der Waals surface area contributed by atoms with Crippen molar-refractivity contribution in [3.8, 4) is 0 Å². The normalized spacial score (nSPS) is 18.5. The molecule has 1 aliphatic heterocycles. The number of sulfonamides is 1.